The van der Waals surface area contributed by atoms with Crippen LogP contribution in [0.1, 0.15) is 17.7 Å². The molecule has 0 fully saturated rings. The van der Waals surface area contributed by atoms with Gasteiger partial charge in [-0.15, -0.1) is 0 Å². The van der Waals surface area contributed by atoms with E-state index in [1.807, 2.05) is 24.3 Å². The van der Waals surface area contributed by atoms with E-state index in [4.69, 9.17) is 14.7 Å². The van der Waals surface area contributed by atoms with Crippen molar-refractivity contribution in [3.05, 3.63) is 65.9 Å². The van der Waals surface area contributed by atoms with Gasteiger partial charge in [0.15, 0.2) is 5.58 Å². The van der Waals surface area contributed by atoms with E-state index in [-0.39, 0.29) is 0 Å². The molecule has 0 saturated carbocycles. The average molecular weight is 364 g/mol. The highest BCUT2D eigenvalue weighted by Gasteiger charge is 2.22. The maximum Gasteiger partial charge on any atom is 0.161 e. The highest BCUT2D eigenvalue weighted by molar-refractivity contribution is 6.25. The fraction of sp³-hybridized carbons (Fsp3) is 0.0833. The lowest BCUT2D eigenvalue weighted by molar-refractivity contribution is 0.663. The first kappa shape index (κ1) is 14.4. The zero-order chi connectivity index (χ0) is 18.4. The molecule has 28 heavy (non-hydrogen) atoms. The van der Waals surface area contributed by atoms with Gasteiger partial charge in [-0.05, 0) is 48.7 Å². The number of fused-ring (bicyclic) bond motifs is 11. The van der Waals surface area contributed by atoms with Gasteiger partial charge in [-0.25, -0.2) is 0 Å². The summed E-state index contributed by atoms with van der Waals surface area (Å²) in [6, 6.07) is 16.6. The maximum atomic E-state index is 6.50. The Labute approximate surface area is 159 Å². The summed E-state index contributed by atoms with van der Waals surface area (Å²) in [5.41, 5.74) is 6.74. The molecule has 0 aliphatic heterocycles. The Hall–Kier alpha value is -3.66. The molecule has 0 amide bonds. The van der Waals surface area contributed by atoms with Crippen molar-refractivity contribution in [1.82, 2.24) is 4.68 Å². The second kappa shape index (κ2) is 4.78. The minimum atomic E-state index is 0.823. The number of benzene rings is 3. The molecule has 0 saturated heterocycles. The number of aromatic nitrogens is 1. The van der Waals surface area contributed by atoms with E-state index in [1.54, 1.807) is 4.68 Å². The van der Waals surface area contributed by atoms with Crippen molar-refractivity contribution >= 4 is 60.9 Å². The van der Waals surface area contributed by atoms with Gasteiger partial charge < -0.3 is 14.7 Å². The molecule has 3 aromatic carbocycles. The molecule has 1 aliphatic carbocycles. The third-order valence-corrected chi connectivity index (χ3v) is 6.09. The van der Waals surface area contributed by atoms with Crippen LogP contribution in [-0.4, -0.2) is 4.68 Å². The Morgan fingerprint density at radius 2 is 1.61 bits per heavy atom. The van der Waals surface area contributed by atoms with Crippen LogP contribution < -0.4 is 5.84 Å². The van der Waals surface area contributed by atoms with Crippen molar-refractivity contribution in [2.75, 3.05) is 5.84 Å². The molecule has 6 aromatic rings. The number of aryl methyl sites for hydroxylation is 1. The van der Waals surface area contributed by atoms with Crippen molar-refractivity contribution in [3.8, 4) is 0 Å². The molecule has 0 bridgehead atoms. The second-order valence-electron chi connectivity index (χ2n) is 7.53. The van der Waals surface area contributed by atoms with Crippen LogP contribution in [-0.2, 0) is 6.42 Å². The van der Waals surface area contributed by atoms with Crippen LogP contribution in [0.3, 0.4) is 0 Å². The molecule has 3 heterocycles. The fourth-order valence-electron chi connectivity index (χ4n) is 4.84. The Morgan fingerprint density at radius 3 is 2.57 bits per heavy atom. The van der Waals surface area contributed by atoms with E-state index in [1.165, 1.54) is 10.9 Å². The van der Waals surface area contributed by atoms with Crippen LogP contribution in [0.4, 0.5) is 0 Å². The second-order valence-corrected chi connectivity index (χ2v) is 7.53. The summed E-state index contributed by atoms with van der Waals surface area (Å²) in [5, 5.41) is 5.46. The van der Waals surface area contributed by atoms with Gasteiger partial charge in [0.2, 0.25) is 0 Å². The molecule has 3 aromatic heterocycles. The van der Waals surface area contributed by atoms with Crippen LogP contribution in [0.15, 0.2) is 63.4 Å². The summed E-state index contributed by atoms with van der Waals surface area (Å²) < 4.78 is 14.4. The van der Waals surface area contributed by atoms with E-state index in [2.05, 4.69) is 36.4 Å². The normalized spacial score (nSPS) is 14.1. The highest BCUT2D eigenvalue weighted by atomic mass is 16.3. The summed E-state index contributed by atoms with van der Waals surface area (Å²) in [4.78, 5) is 0. The van der Waals surface area contributed by atoms with Crippen molar-refractivity contribution in [1.29, 1.82) is 0 Å². The molecule has 2 N–H and O–H groups in total. The standard InChI is InChI=1S/C24H16N2O2/c25-26-18-7-3-1-5-13(18)15-9-10-17-21-20(28-24(17)22(15)26)12-11-16-14-6-2-4-8-19(14)27-23(16)21/h2-4,6-12H,1,5,25H2. The smallest absolute Gasteiger partial charge is 0.161 e. The summed E-state index contributed by atoms with van der Waals surface area (Å²) in [7, 11) is 0. The molecular weight excluding hydrogens is 348 g/mol. The van der Waals surface area contributed by atoms with Crippen LogP contribution in [0, 0.1) is 0 Å². The number of nitrogen functional groups attached to an aromatic ring is 1. The van der Waals surface area contributed by atoms with Gasteiger partial charge in [-0.3, -0.25) is 4.68 Å². The van der Waals surface area contributed by atoms with Crippen molar-refractivity contribution in [3.63, 3.8) is 0 Å². The largest absolute Gasteiger partial charge is 0.455 e. The number of nitrogens with two attached hydrogens (primary N) is 1. The van der Waals surface area contributed by atoms with E-state index >= 15 is 0 Å². The maximum absolute atomic E-state index is 6.50. The van der Waals surface area contributed by atoms with Gasteiger partial charge in [0.05, 0.1) is 11.1 Å². The van der Waals surface area contributed by atoms with E-state index in [0.717, 1.165) is 67.9 Å². The lowest BCUT2D eigenvalue weighted by atomic mass is 10.00. The van der Waals surface area contributed by atoms with Gasteiger partial charge in [-0.1, -0.05) is 30.3 Å². The third-order valence-electron chi connectivity index (χ3n) is 6.09. The summed E-state index contributed by atoms with van der Waals surface area (Å²) in [6.07, 6.45) is 6.35. The van der Waals surface area contributed by atoms with Gasteiger partial charge in [-0.2, -0.15) is 0 Å². The van der Waals surface area contributed by atoms with Gasteiger partial charge in [0, 0.05) is 21.5 Å². The minimum Gasteiger partial charge on any atom is -0.455 e. The molecule has 0 spiro atoms. The lowest BCUT2D eigenvalue weighted by Crippen LogP contribution is -2.11. The molecule has 134 valence electrons. The van der Waals surface area contributed by atoms with E-state index in [9.17, 15) is 0 Å². The quantitative estimate of drug-likeness (QED) is 0.331. The monoisotopic (exact) mass is 364 g/mol. The number of hydrogen-bond donors (Lipinski definition) is 1. The molecule has 0 radical (unpaired) electrons. The van der Waals surface area contributed by atoms with Crippen LogP contribution in [0.25, 0.3) is 60.9 Å². The third kappa shape index (κ3) is 1.58. The highest BCUT2D eigenvalue weighted by Crippen LogP contribution is 2.42. The summed E-state index contributed by atoms with van der Waals surface area (Å²) in [6.45, 7) is 0. The Bertz CT molecular complexity index is 1630. The van der Waals surface area contributed by atoms with Crippen molar-refractivity contribution < 1.29 is 8.83 Å². The molecule has 0 unspecified atom stereocenters. The molecular formula is C24H16N2O2. The van der Waals surface area contributed by atoms with Crippen LogP contribution in [0.5, 0.6) is 0 Å². The molecule has 4 nitrogen and oxygen atoms in total. The SMILES string of the molecule is Nn1c2c(c3ccc4c(oc5ccc6c7ccccc7oc6c54)c31)CCC=C2. The zero-order valence-electron chi connectivity index (χ0n) is 15.0. The lowest BCUT2D eigenvalue weighted by Gasteiger charge is -2.06. The number of hydrogen-bond acceptors (Lipinski definition) is 3. The molecule has 1 aliphatic rings. The summed E-state index contributed by atoms with van der Waals surface area (Å²) >= 11 is 0. The topological polar surface area (TPSA) is 57.2 Å². The van der Waals surface area contributed by atoms with Crippen LogP contribution >= 0.6 is 0 Å². The predicted octanol–water partition coefficient (Wildman–Crippen LogP) is 6.11. The van der Waals surface area contributed by atoms with Crippen LogP contribution in [0.2, 0.25) is 0 Å². The number of allylic oxidation sites excluding steroid dienone is 1. The number of para-hydroxylation sites is 1. The van der Waals surface area contributed by atoms with E-state index in [0.29, 0.717) is 0 Å². The molecule has 4 heteroatoms. The van der Waals surface area contributed by atoms with Crippen molar-refractivity contribution in [2.24, 2.45) is 0 Å². The van der Waals surface area contributed by atoms with E-state index < -0.39 is 0 Å². The fourth-order valence-corrected chi connectivity index (χ4v) is 4.84. The van der Waals surface area contributed by atoms with Gasteiger partial charge >= 0.3 is 0 Å². The van der Waals surface area contributed by atoms with Gasteiger partial charge in [0.25, 0.3) is 0 Å². The van der Waals surface area contributed by atoms with Crippen molar-refractivity contribution in [2.45, 2.75) is 12.8 Å². The first-order chi connectivity index (χ1) is 13.8. The first-order valence-corrected chi connectivity index (χ1v) is 9.55. The Kier molecular flexibility index (Phi) is 2.46. The Balaban J connectivity index is 1.71. The molecule has 0 atom stereocenters. The molecule has 7 rings (SSSR count). The number of furan rings is 2. The predicted molar refractivity (Wildman–Crippen MR) is 114 cm³/mol. The minimum absolute atomic E-state index is 0.823. The number of rotatable bonds is 0. The zero-order valence-corrected chi connectivity index (χ0v) is 15.0. The summed E-state index contributed by atoms with van der Waals surface area (Å²) in [5.74, 6) is 6.50. The van der Waals surface area contributed by atoms with Gasteiger partial charge in [0.1, 0.15) is 22.3 Å². The Morgan fingerprint density at radius 1 is 0.786 bits per heavy atom. The average Bonchev–Trinajstić information content (AvgIpc) is 3.38. The number of nitrogens with zero attached hydrogens (tertiary/aromatic N) is 1. The first-order valence-electron chi connectivity index (χ1n) is 9.55.